The Labute approximate surface area is 123 Å². The van der Waals surface area contributed by atoms with Gasteiger partial charge in [0.25, 0.3) is 0 Å². The molecule has 110 valence electrons. The molecule has 21 heavy (non-hydrogen) atoms. The van der Waals surface area contributed by atoms with Crippen molar-refractivity contribution < 1.29 is 9.90 Å². The molecule has 0 aliphatic carbocycles. The molecule has 0 amide bonds. The van der Waals surface area contributed by atoms with E-state index in [2.05, 4.69) is 10.3 Å². The van der Waals surface area contributed by atoms with E-state index in [-0.39, 0.29) is 0 Å². The van der Waals surface area contributed by atoms with Gasteiger partial charge < -0.3 is 5.11 Å². The molecular weight excluding hydrogens is 268 g/mol. The van der Waals surface area contributed by atoms with Crippen LogP contribution in [0.2, 0.25) is 0 Å². The van der Waals surface area contributed by atoms with Gasteiger partial charge in [-0.25, -0.2) is 0 Å². The van der Waals surface area contributed by atoms with E-state index in [0.29, 0.717) is 13.1 Å². The van der Waals surface area contributed by atoms with Crippen LogP contribution in [-0.2, 0) is 24.3 Å². The molecule has 0 saturated carbocycles. The molecule has 0 saturated heterocycles. The Morgan fingerprint density at radius 3 is 2.95 bits per heavy atom. The lowest BCUT2D eigenvalue weighted by Gasteiger charge is -2.34. The third-order valence-corrected chi connectivity index (χ3v) is 3.89. The number of aliphatic carboxylic acids is 1. The number of carboxylic acid groups (broad SMARTS) is 1. The van der Waals surface area contributed by atoms with Crippen LogP contribution in [0, 0.1) is 0 Å². The minimum Gasteiger partial charge on any atom is -0.480 e. The summed E-state index contributed by atoms with van der Waals surface area (Å²) in [5, 5.41) is 17.7. The Balaban J connectivity index is 1.87. The number of aromatic nitrogens is 3. The smallest absolute Gasteiger partial charge is 0.325 e. The predicted molar refractivity (Wildman–Crippen MR) is 76.6 cm³/mol. The molecule has 1 aliphatic rings. The van der Waals surface area contributed by atoms with Crippen molar-refractivity contribution in [2.45, 2.75) is 32.5 Å². The van der Waals surface area contributed by atoms with Crippen LogP contribution in [0.25, 0.3) is 0 Å². The molecule has 1 aromatic carbocycles. The Morgan fingerprint density at radius 2 is 2.24 bits per heavy atom. The van der Waals surface area contributed by atoms with Crippen LogP contribution in [0.3, 0.4) is 0 Å². The van der Waals surface area contributed by atoms with Crippen molar-refractivity contribution in [1.82, 2.24) is 19.9 Å². The van der Waals surface area contributed by atoms with Crippen LogP contribution in [0.1, 0.15) is 29.8 Å². The van der Waals surface area contributed by atoms with Crippen LogP contribution < -0.4 is 0 Å². The molecule has 3 rings (SSSR count). The minimum atomic E-state index is -0.815. The Hall–Kier alpha value is -2.21. The molecule has 2 aromatic rings. The second kappa shape index (κ2) is 5.65. The summed E-state index contributed by atoms with van der Waals surface area (Å²) in [6.07, 6.45) is 2.74. The van der Waals surface area contributed by atoms with Gasteiger partial charge in [-0.15, -0.1) is 5.10 Å². The highest BCUT2D eigenvalue weighted by molar-refractivity contribution is 5.76. The maximum atomic E-state index is 11.7. The predicted octanol–water partition coefficient (Wildman–Crippen LogP) is 1.48. The highest BCUT2D eigenvalue weighted by Crippen LogP contribution is 2.30. The first kappa shape index (κ1) is 13.8. The van der Waals surface area contributed by atoms with E-state index in [9.17, 15) is 9.90 Å². The number of carboxylic acids is 1. The fourth-order valence-electron chi connectivity index (χ4n) is 2.85. The van der Waals surface area contributed by atoms with Crippen LogP contribution in [-0.4, -0.2) is 37.5 Å². The number of benzene rings is 1. The van der Waals surface area contributed by atoms with Crippen molar-refractivity contribution in [1.29, 1.82) is 0 Å². The van der Waals surface area contributed by atoms with Gasteiger partial charge in [0.2, 0.25) is 0 Å². The highest BCUT2D eigenvalue weighted by atomic mass is 16.4. The first-order valence-corrected chi connectivity index (χ1v) is 7.12. The molecule has 1 aliphatic heterocycles. The van der Waals surface area contributed by atoms with E-state index in [1.165, 1.54) is 0 Å². The number of fused-ring (bicyclic) bond motifs is 1. The summed E-state index contributed by atoms with van der Waals surface area (Å²) in [4.78, 5) is 13.6. The number of carbonyl (C=O) groups is 1. The molecule has 2 heterocycles. The highest BCUT2D eigenvalue weighted by Gasteiger charge is 2.33. The summed E-state index contributed by atoms with van der Waals surface area (Å²) in [6.45, 7) is 3.98. The molecule has 6 heteroatoms. The van der Waals surface area contributed by atoms with Crippen molar-refractivity contribution in [2.24, 2.45) is 0 Å². The van der Waals surface area contributed by atoms with E-state index in [0.717, 1.165) is 29.8 Å². The molecule has 1 unspecified atom stereocenters. The zero-order valence-electron chi connectivity index (χ0n) is 11.9. The van der Waals surface area contributed by atoms with Gasteiger partial charge in [-0.05, 0) is 24.5 Å². The fourth-order valence-corrected chi connectivity index (χ4v) is 2.85. The topological polar surface area (TPSA) is 71.2 Å². The molecular formula is C15H18N4O2. The first-order valence-electron chi connectivity index (χ1n) is 7.12. The quantitative estimate of drug-likeness (QED) is 0.922. The second-order valence-corrected chi connectivity index (χ2v) is 5.23. The summed E-state index contributed by atoms with van der Waals surface area (Å²) in [6, 6.07) is 7.16. The second-order valence-electron chi connectivity index (χ2n) is 5.23. The molecule has 0 radical (unpaired) electrons. The summed E-state index contributed by atoms with van der Waals surface area (Å²) >= 11 is 0. The Kier molecular flexibility index (Phi) is 3.70. The first-order chi connectivity index (χ1) is 10.2. The summed E-state index contributed by atoms with van der Waals surface area (Å²) < 4.78 is 1.75. The van der Waals surface area contributed by atoms with Crippen LogP contribution in [0.5, 0.6) is 0 Å². The van der Waals surface area contributed by atoms with Gasteiger partial charge in [-0.1, -0.05) is 29.5 Å². The molecule has 6 nitrogen and oxygen atoms in total. The zero-order chi connectivity index (χ0) is 14.8. The maximum absolute atomic E-state index is 11.7. The van der Waals surface area contributed by atoms with Gasteiger partial charge in [-0.2, -0.15) is 0 Å². The van der Waals surface area contributed by atoms with E-state index in [4.69, 9.17) is 0 Å². The van der Waals surface area contributed by atoms with E-state index < -0.39 is 12.0 Å². The van der Waals surface area contributed by atoms with Gasteiger partial charge in [-0.3, -0.25) is 14.4 Å². The number of nitrogens with zero attached hydrogens (tertiary/aromatic N) is 4. The zero-order valence-corrected chi connectivity index (χ0v) is 11.9. The fraction of sp³-hybridized carbons (Fsp3) is 0.400. The number of hydrogen-bond donors (Lipinski definition) is 1. The molecule has 1 N–H and O–H groups in total. The molecule has 1 aromatic heterocycles. The van der Waals surface area contributed by atoms with Crippen molar-refractivity contribution in [3.63, 3.8) is 0 Å². The summed E-state index contributed by atoms with van der Waals surface area (Å²) in [5.74, 6) is -0.815. The molecule has 1 atom stereocenters. The third kappa shape index (κ3) is 2.67. The average molecular weight is 286 g/mol. The summed E-state index contributed by atoms with van der Waals surface area (Å²) in [7, 11) is 0. The third-order valence-electron chi connectivity index (χ3n) is 3.89. The monoisotopic (exact) mass is 286 g/mol. The SMILES string of the molecule is CCn1cc(CN2CCc3ccccc3C2C(=O)O)nn1. The lowest BCUT2D eigenvalue weighted by atomic mass is 9.92. The van der Waals surface area contributed by atoms with Gasteiger partial charge in [0.1, 0.15) is 6.04 Å². The van der Waals surface area contributed by atoms with Crippen molar-refractivity contribution in [2.75, 3.05) is 6.54 Å². The van der Waals surface area contributed by atoms with Gasteiger partial charge >= 0.3 is 5.97 Å². The average Bonchev–Trinajstić information content (AvgIpc) is 2.94. The van der Waals surface area contributed by atoms with E-state index in [1.807, 2.05) is 42.3 Å². The van der Waals surface area contributed by atoms with Crippen molar-refractivity contribution in [3.8, 4) is 0 Å². The van der Waals surface area contributed by atoms with E-state index in [1.54, 1.807) is 4.68 Å². The minimum absolute atomic E-state index is 0.505. The molecule has 0 fully saturated rings. The number of rotatable bonds is 4. The van der Waals surface area contributed by atoms with E-state index >= 15 is 0 Å². The number of hydrogen-bond acceptors (Lipinski definition) is 4. The van der Waals surface area contributed by atoms with Crippen LogP contribution >= 0.6 is 0 Å². The van der Waals surface area contributed by atoms with Gasteiger partial charge in [0.15, 0.2) is 0 Å². The van der Waals surface area contributed by atoms with Crippen LogP contribution in [0.4, 0.5) is 0 Å². The Morgan fingerprint density at radius 1 is 1.43 bits per heavy atom. The lowest BCUT2D eigenvalue weighted by Crippen LogP contribution is -2.39. The normalized spacial score (nSPS) is 18.4. The maximum Gasteiger partial charge on any atom is 0.325 e. The standard InChI is InChI=1S/C15H18N4O2/c1-2-19-10-12(16-17-19)9-18-8-7-11-5-3-4-6-13(11)14(18)15(20)21/h3-6,10,14H,2,7-9H2,1H3,(H,20,21). The van der Waals surface area contributed by atoms with Gasteiger partial charge in [0.05, 0.1) is 5.69 Å². The number of aryl methyl sites for hydroxylation is 1. The van der Waals surface area contributed by atoms with Crippen LogP contribution in [0.15, 0.2) is 30.5 Å². The van der Waals surface area contributed by atoms with Crippen molar-refractivity contribution in [3.05, 3.63) is 47.3 Å². The molecule has 0 spiro atoms. The lowest BCUT2D eigenvalue weighted by molar-refractivity contribution is -0.144. The van der Waals surface area contributed by atoms with Gasteiger partial charge in [0, 0.05) is 25.8 Å². The largest absolute Gasteiger partial charge is 0.480 e. The van der Waals surface area contributed by atoms with Crippen molar-refractivity contribution >= 4 is 5.97 Å². The Bertz CT molecular complexity index is 653. The molecule has 0 bridgehead atoms. The summed E-state index contributed by atoms with van der Waals surface area (Å²) in [5.41, 5.74) is 2.82.